The summed E-state index contributed by atoms with van der Waals surface area (Å²) >= 11 is 0. The van der Waals surface area contributed by atoms with Gasteiger partial charge in [0, 0.05) is 12.8 Å². The van der Waals surface area contributed by atoms with Crippen molar-refractivity contribution in [2.75, 3.05) is 0 Å². The Bertz CT molecular complexity index is 176. The average Bonchev–Trinajstić information content (AvgIpc) is 2.07. The Morgan fingerprint density at radius 3 is 2.29 bits per heavy atom. The standard InChI is InChI=1S/C13H24O/c1-10(2)8-13(14)9-12-6-4-11(3)5-7-12/h10-12H,4-9H2,1-3H3. The Hall–Kier alpha value is -0.330. The summed E-state index contributed by atoms with van der Waals surface area (Å²) in [6.07, 6.45) is 6.87. The highest BCUT2D eigenvalue weighted by molar-refractivity contribution is 5.78. The number of ketones is 1. The van der Waals surface area contributed by atoms with Gasteiger partial charge in [0.05, 0.1) is 0 Å². The molecule has 1 nitrogen and oxygen atoms in total. The maximum Gasteiger partial charge on any atom is 0.133 e. The molecule has 1 aliphatic rings. The quantitative estimate of drug-likeness (QED) is 0.668. The van der Waals surface area contributed by atoms with Crippen molar-refractivity contribution in [3.05, 3.63) is 0 Å². The zero-order valence-corrected chi connectivity index (χ0v) is 9.88. The van der Waals surface area contributed by atoms with Gasteiger partial charge in [0.2, 0.25) is 0 Å². The fraction of sp³-hybridized carbons (Fsp3) is 0.923. The van der Waals surface area contributed by atoms with Gasteiger partial charge >= 0.3 is 0 Å². The van der Waals surface area contributed by atoms with Crippen LogP contribution in [0.3, 0.4) is 0 Å². The minimum Gasteiger partial charge on any atom is -0.300 e. The van der Waals surface area contributed by atoms with E-state index >= 15 is 0 Å². The van der Waals surface area contributed by atoms with Crippen molar-refractivity contribution in [1.29, 1.82) is 0 Å². The normalized spacial score (nSPS) is 28.0. The molecule has 14 heavy (non-hydrogen) atoms. The summed E-state index contributed by atoms with van der Waals surface area (Å²) in [5, 5.41) is 0. The smallest absolute Gasteiger partial charge is 0.133 e. The summed E-state index contributed by atoms with van der Waals surface area (Å²) in [5.74, 6) is 2.62. The molecule has 0 aromatic rings. The van der Waals surface area contributed by atoms with Gasteiger partial charge in [0.25, 0.3) is 0 Å². The molecule has 1 saturated carbocycles. The SMILES string of the molecule is CC(C)CC(=O)CC1CCC(C)CC1. The zero-order valence-electron chi connectivity index (χ0n) is 9.88. The second-order valence-corrected chi connectivity index (χ2v) is 5.47. The zero-order chi connectivity index (χ0) is 10.6. The Balaban J connectivity index is 2.20. The van der Waals surface area contributed by atoms with E-state index in [0.29, 0.717) is 17.6 Å². The molecular weight excluding hydrogens is 172 g/mol. The first-order valence-corrected chi connectivity index (χ1v) is 6.09. The molecule has 0 heterocycles. The van der Waals surface area contributed by atoms with Crippen molar-refractivity contribution in [3.63, 3.8) is 0 Å². The number of carbonyl (C=O) groups excluding carboxylic acids is 1. The van der Waals surface area contributed by atoms with Crippen molar-refractivity contribution >= 4 is 5.78 Å². The lowest BCUT2D eigenvalue weighted by atomic mass is 9.80. The molecule has 1 fully saturated rings. The Morgan fingerprint density at radius 1 is 1.21 bits per heavy atom. The van der Waals surface area contributed by atoms with Crippen LogP contribution in [-0.2, 0) is 4.79 Å². The van der Waals surface area contributed by atoms with E-state index in [-0.39, 0.29) is 0 Å². The van der Waals surface area contributed by atoms with Gasteiger partial charge in [-0.05, 0) is 30.6 Å². The monoisotopic (exact) mass is 196 g/mol. The first kappa shape index (κ1) is 11.7. The van der Waals surface area contributed by atoms with Crippen LogP contribution in [0.15, 0.2) is 0 Å². The third-order valence-electron chi connectivity index (χ3n) is 3.29. The fourth-order valence-electron chi connectivity index (χ4n) is 2.39. The molecule has 0 saturated heterocycles. The van der Waals surface area contributed by atoms with Crippen LogP contribution in [0.25, 0.3) is 0 Å². The van der Waals surface area contributed by atoms with E-state index < -0.39 is 0 Å². The van der Waals surface area contributed by atoms with E-state index in [1.165, 1.54) is 25.7 Å². The summed E-state index contributed by atoms with van der Waals surface area (Å²) in [4.78, 5) is 11.6. The van der Waals surface area contributed by atoms with Gasteiger partial charge < -0.3 is 0 Å². The van der Waals surface area contributed by atoms with Gasteiger partial charge in [-0.15, -0.1) is 0 Å². The first-order chi connectivity index (χ1) is 6.58. The highest BCUT2D eigenvalue weighted by Gasteiger charge is 2.20. The minimum absolute atomic E-state index is 0.486. The van der Waals surface area contributed by atoms with Gasteiger partial charge in [-0.25, -0.2) is 0 Å². The molecule has 0 N–H and O–H groups in total. The molecule has 0 bridgehead atoms. The van der Waals surface area contributed by atoms with Crippen LogP contribution in [0.2, 0.25) is 0 Å². The molecule has 0 spiro atoms. The molecule has 0 radical (unpaired) electrons. The Morgan fingerprint density at radius 2 is 1.79 bits per heavy atom. The van der Waals surface area contributed by atoms with E-state index in [2.05, 4.69) is 20.8 Å². The summed E-state index contributed by atoms with van der Waals surface area (Å²) in [6.45, 7) is 6.58. The molecule has 0 aliphatic heterocycles. The van der Waals surface area contributed by atoms with Crippen LogP contribution < -0.4 is 0 Å². The van der Waals surface area contributed by atoms with Gasteiger partial charge in [-0.3, -0.25) is 4.79 Å². The molecule has 1 rings (SSSR count). The predicted molar refractivity (Wildman–Crippen MR) is 60.2 cm³/mol. The predicted octanol–water partition coefficient (Wildman–Crippen LogP) is 3.82. The van der Waals surface area contributed by atoms with Crippen LogP contribution >= 0.6 is 0 Å². The fourth-order valence-corrected chi connectivity index (χ4v) is 2.39. The van der Waals surface area contributed by atoms with Crippen molar-refractivity contribution < 1.29 is 4.79 Å². The van der Waals surface area contributed by atoms with Crippen LogP contribution in [0.4, 0.5) is 0 Å². The van der Waals surface area contributed by atoms with Crippen LogP contribution in [0.5, 0.6) is 0 Å². The lowest BCUT2D eigenvalue weighted by Crippen LogP contribution is -2.16. The van der Waals surface area contributed by atoms with E-state index in [9.17, 15) is 4.79 Å². The average molecular weight is 196 g/mol. The van der Waals surface area contributed by atoms with Crippen molar-refractivity contribution in [2.24, 2.45) is 17.8 Å². The second-order valence-electron chi connectivity index (χ2n) is 5.47. The van der Waals surface area contributed by atoms with Gasteiger partial charge in [-0.1, -0.05) is 33.6 Å². The van der Waals surface area contributed by atoms with Gasteiger partial charge in [-0.2, -0.15) is 0 Å². The van der Waals surface area contributed by atoms with Crippen LogP contribution in [0.1, 0.15) is 59.3 Å². The van der Waals surface area contributed by atoms with E-state index in [4.69, 9.17) is 0 Å². The maximum atomic E-state index is 11.6. The third kappa shape index (κ3) is 4.26. The first-order valence-electron chi connectivity index (χ1n) is 6.09. The maximum absolute atomic E-state index is 11.6. The van der Waals surface area contributed by atoms with Crippen LogP contribution in [0, 0.1) is 17.8 Å². The molecule has 0 amide bonds. The molecule has 82 valence electrons. The lowest BCUT2D eigenvalue weighted by Gasteiger charge is -2.25. The van der Waals surface area contributed by atoms with Gasteiger partial charge in [0.15, 0.2) is 0 Å². The summed E-state index contributed by atoms with van der Waals surface area (Å²) in [7, 11) is 0. The highest BCUT2D eigenvalue weighted by atomic mass is 16.1. The summed E-state index contributed by atoms with van der Waals surface area (Å²) in [6, 6.07) is 0. The topological polar surface area (TPSA) is 17.1 Å². The van der Waals surface area contributed by atoms with Crippen LogP contribution in [-0.4, -0.2) is 5.78 Å². The van der Waals surface area contributed by atoms with Crippen molar-refractivity contribution in [3.8, 4) is 0 Å². The summed E-state index contributed by atoms with van der Waals surface area (Å²) < 4.78 is 0. The molecule has 0 aromatic heterocycles. The molecule has 1 heteroatoms. The Kier molecular flexibility index (Phi) is 4.64. The molecule has 0 atom stereocenters. The summed E-state index contributed by atoms with van der Waals surface area (Å²) in [5.41, 5.74) is 0. The molecule has 0 unspecified atom stereocenters. The Labute approximate surface area is 88.3 Å². The van der Waals surface area contributed by atoms with E-state index in [0.717, 1.165) is 18.8 Å². The lowest BCUT2D eigenvalue weighted by molar-refractivity contribution is -0.120. The van der Waals surface area contributed by atoms with E-state index in [1.807, 2.05) is 0 Å². The second kappa shape index (κ2) is 5.53. The largest absolute Gasteiger partial charge is 0.300 e. The van der Waals surface area contributed by atoms with E-state index in [1.54, 1.807) is 0 Å². The number of hydrogen-bond donors (Lipinski definition) is 0. The number of carbonyl (C=O) groups is 1. The highest BCUT2D eigenvalue weighted by Crippen LogP contribution is 2.30. The number of rotatable bonds is 4. The molecule has 1 aliphatic carbocycles. The third-order valence-corrected chi connectivity index (χ3v) is 3.29. The number of Topliss-reactive ketones (excluding diaryl/α,β-unsaturated/α-hetero) is 1. The number of hydrogen-bond acceptors (Lipinski definition) is 1. The van der Waals surface area contributed by atoms with Crippen molar-refractivity contribution in [2.45, 2.75) is 59.3 Å². The minimum atomic E-state index is 0.486. The molecule has 0 aromatic carbocycles. The van der Waals surface area contributed by atoms with Gasteiger partial charge in [0.1, 0.15) is 5.78 Å². The van der Waals surface area contributed by atoms with Crippen molar-refractivity contribution in [1.82, 2.24) is 0 Å². The molecular formula is C13H24O.